The predicted octanol–water partition coefficient (Wildman–Crippen LogP) is 4.80. The number of rotatable bonds is 3. The minimum Gasteiger partial charge on any atom is -0.477 e. The third-order valence-corrected chi connectivity index (χ3v) is 4.29. The van der Waals surface area contributed by atoms with Gasteiger partial charge in [0.15, 0.2) is 0 Å². The maximum absolute atomic E-state index is 11.3. The van der Waals surface area contributed by atoms with Crippen molar-refractivity contribution in [1.29, 1.82) is 0 Å². The monoisotopic (exact) mass is 309 g/mol. The molecular formula is C15H13Cl2NO2. The Labute approximate surface area is 126 Å². The van der Waals surface area contributed by atoms with Gasteiger partial charge in [-0.3, -0.25) is 0 Å². The summed E-state index contributed by atoms with van der Waals surface area (Å²) in [5, 5.41) is 10.5. The molecular weight excluding hydrogens is 297 g/mol. The second-order valence-electron chi connectivity index (χ2n) is 5.09. The quantitative estimate of drug-likeness (QED) is 0.884. The van der Waals surface area contributed by atoms with Gasteiger partial charge >= 0.3 is 5.97 Å². The van der Waals surface area contributed by atoms with Crippen LogP contribution < -0.4 is 0 Å². The zero-order valence-corrected chi connectivity index (χ0v) is 12.4. The summed E-state index contributed by atoms with van der Waals surface area (Å²) in [7, 11) is 0. The molecule has 1 aromatic carbocycles. The predicted molar refractivity (Wildman–Crippen MR) is 79.9 cm³/mol. The summed E-state index contributed by atoms with van der Waals surface area (Å²) in [5.74, 6) is -0.919. The number of nitrogens with zero attached hydrogens (tertiary/aromatic N) is 1. The molecule has 5 heteroatoms. The molecule has 0 atom stereocenters. The molecule has 1 aliphatic carbocycles. The molecule has 104 valence electrons. The van der Waals surface area contributed by atoms with E-state index < -0.39 is 5.97 Å². The molecule has 0 radical (unpaired) electrons. The molecule has 1 aliphatic rings. The molecule has 0 amide bonds. The molecule has 0 spiro atoms. The summed E-state index contributed by atoms with van der Waals surface area (Å²) in [6.45, 7) is 1.89. The number of hydrogen-bond acceptors (Lipinski definition) is 1. The topological polar surface area (TPSA) is 42.2 Å². The summed E-state index contributed by atoms with van der Waals surface area (Å²) < 4.78 is 1.86. The third kappa shape index (κ3) is 2.21. The number of carboxylic acid groups (broad SMARTS) is 1. The Morgan fingerprint density at radius 2 is 1.95 bits per heavy atom. The highest BCUT2D eigenvalue weighted by atomic mass is 35.5. The van der Waals surface area contributed by atoms with Gasteiger partial charge in [-0.25, -0.2) is 4.79 Å². The first-order chi connectivity index (χ1) is 9.49. The van der Waals surface area contributed by atoms with Crippen molar-refractivity contribution < 1.29 is 9.90 Å². The highest BCUT2D eigenvalue weighted by molar-refractivity contribution is 6.35. The molecule has 1 aromatic heterocycles. The SMILES string of the molecule is Cc1cc(Cl)c(-c2ccc(C(=O)O)n2C2CC2)cc1Cl. The van der Waals surface area contributed by atoms with E-state index in [1.54, 1.807) is 18.2 Å². The molecule has 1 N–H and O–H groups in total. The molecule has 0 unspecified atom stereocenters. The molecule has 0 bridgehead atoms. The van der Waals surface area contributed by atoms with E-state index in [-0.39, 0.29) is 6.04 Å². The normalized spacial score (nSPS) is 14.6. The number of aromatic carboxylic acids is 1. The lowest BCUT2D eigenvalue weighted by Crippen LogP contribution is -2.08. The largest absolute Gasteiger partial charge is 0.477 e. The first kappa shape index (κ1) is 13.5. The smallest absolute Gasteiger partial charge is 0.352 e. The maximum Gasteiger partial charge on any atom is 0.352 e. The second-order valence-corrected chi connectivity index (χ2v) is 5.91. The average Bonchev–Trinajstić information content (AvgIpc) is 3.12. The highest BCUT2D eigenvalue weighted by Gasteiger charge is 2.30. The van der Waals surface area contributed by atoms with Gasteiger partial charge in [0.2, 0.25) is 0 Å². The van der Waals surface area contributed by atoms with Crippen LogP contribution in [0.25, 0.3) is 11.3 Å². The van der Waals surface area contributed by atoms with Gasteiger partial charge in [0, 0.05) is 16.6 Å². The van der Waals surface area contributed by atoms with Crippen molar-refractivity contribution in [2.24, 2.45) is 0 Å². The minimum absolute atomic E-state index is 0.252. The van der Waals surface area contributed by atoms with E-state index in [9.17, 15) is 9.90 Å². The van der Waals surface area contributed by atoms with Crippen LogP contribution in [0.2, 0.25) is 10.0 Å². The van der Waals surface area contributed by atoms with Crippen molar-refractivity contribution >= 4 is 29.2 Å². The van der Waals surface area contributed by atoms with Gasteiger partial charge in [-0.15, -0.1) is 0 Å². The lowest BCUT2D eigenvalue weighted by Gasteiger charge is -2.13. The summed E-state index contributed by atoms with van der Waals surface area (Å²) in [4.78, 5) is 11.3. The Hall–Kier alpha value is -1.45. The Morgan fingerprint density at radius 1 is 1.25 bits per heavy atom. The van der Waals surface area contributed by atoms with Crippen molar-refractivity contribution in [2.75, 3.05) is 0 Å². The fraction of sp³-hybridized carbons (Fsp3) is 0.267. The second kappa shape index (κ2) is 4.83. The standard InChI is InChI=1S/C15H13Cl2NO2/c1-8-6-12(17)10(7-11(8)16)13-4-5-14(15(19)20)18(13)9-2-3-9/h4-7,9H,2-3H2,1H3,(H,19,20). The van der Waals surface area contributed by atoms with Crippen LogP contribution in [0.4, 0.5) is 0 Å². The van der Waals surface area contributed by atoms with Crippen LogP contribution in [-0.2, 0) is 0 Å². The van der Waals surface area contributed by atoms with E-state index in [0.29, 0.717) is 15.7 Å². The van der Waals surface area contributed by atoms with E-state index in [1.807, 2.05) is 17.6 Å². The fourth-order valence-corrected chi connectivity index (χ4v) is 2.89. The number of hydrogen-bond donors (Lipinski definition) is 1. The van der Waals surface area contributed by atoms with Crippen molar-refractivity contribution in [2.45, 2.75) is 25.8 Å². The molecule has 0 saturated heterocycles. The minimum atomic E-state index is -0.919. The zero-order valence-electron chi connectivity index (χ0n) is 10.9. The van der Waals surface area contributed by atoms with Crippen LogP contribution in [0.3, 0.4) is 0 Å². The third-order valence-electron chi connectivity index (χ3n) is 3.57. The summed E-state index contributed by atoms with van der Waals surface area (Å²) >= 11 is 12.5. The highest BCUT2D eigenvalue weighted by Crippen LogP contribution is 2.42. The van der Waals surface area contributed by atoms with Gasteiger partial charge in [0.25, 0.3) is 0 Å². The number of aromatic nitrogens is 1. The maximum atomic E-state index is 11.3. The van der Waals surface area contributed by atoms with E-state index >= 15 is 0 Å². The van der Waals surface area contributed by atoms with Crippen molar-refractivity contribution in [3.8, 4) is 11.3 Å². The molecule has 3 rings (SSSR count). The lowest BCUT2D eigenvalue weighted by molar-refractivity contribution is 0.0685. The molecule has 3 nitrogen and oxygen atoms in total. The van der Waals surface area contributed by atoms with Crippen LogP contribution in [0.1, 0.15) is 34.9 Å². The van der Waals surface area contributed by atoms with Crippen LogP contribution >= 0.6 is 23.2 Å². The number of halogens is 2. The Balaban J connectivity index is 2.20. The number of aryl methyl sites for hydroxylation is 1. The Morgan fingerprint density at radius 3 is 2.55 bits per heavy atom. The first-order valence-corrected chi connectivity index (χ1v) is 7.15. The molecule has 1 saturated carbocycles. The van der Waals surface area contributed by atoms with E-state index in [2.05, 4.69) is 0 Å². The van der Waals surface area contributed by atoms with Crippen LogP contribution in [0.15, 0.2) is 24.3 Å². The van der Waals surface area contributed by atoms with Crippen molar-refractivity contribution in [3.05, 3.63) is 45.6 Å². The van der Waals surface area contributed by atoms with E-state index in [4.69, 9.17) is 23.2 Å². The zero-order chi connectivity index (χ0) is 14.4. The van der Waals surface area contributed by atoms with Gasteiger partial charge in [-0.05, 0) is 49.6 Å². The summed E-state index contributed by atoms with van der Waals surface area (Å²) in [6, 6.07) is 7.29. The molecule has 2 aromatic rings. The van der Waals surface area contributed by atoms with Gasteiger partial charge in [0.05, 0.1) is 10.7 Å². The van der Waals surface area contributed by atoms with Gasteiger partial charge < -0.3 is 9.67 Å². The number of carbonyl (C=O) groups is 1. The lowest BCUT2D eigenvalue weighted by atomic mass is 10.1. The molecule has 1 fully saturated rings. The Kier molecular flexibility index (Phi) is 3.27. The summed E-state index contributed by atoms with van der Waals surface area (Å²) in [6.07, 6.45) is 2.00. The molecule has 0 aliphatic heterocycles. The first-order valence-electron chi connectivity index (χ1n) is 6.39. The van der Waals surface area contributed by atoms with Crippen molar-refractivity contribution in [3.63, 3.8) is 0 Å². The fourth-order valence-electron chi connectivity index (χ4n) is 2.41. The van der Waals surface area contributed by atoms with Crippen LogP contribution in [-0.4, -0.2) is 15.6 Å². The number of benzene rings is 1. The van der Waals surface area contributed by atoms with Crippen LogP contribution in [0, 0.1) is 6.92 Å². The van der Waals surface area contributed by atoms with E-state index in [0.717, 1.165) is 29.7 Å². The molecule has 1 heterocycles. The Bertz CT molecular complexity index is 702. The summed E-state index contributed by atoms with van der Waals surface area (Å²) in [5.41, 5.74) is 2.80. The number of carboxylic acids is 1. The van der Waals surface area contributed by atoms with E-state index in [1.165, 1.54) is 0 Å². The average molecular weight is 310 g/mol. The van der Waals surface area contributed by atoms with Crippen LogP contribution in [0.5, 0.6) is 0 Å². The van der Waals surface area contributed by atoms with Gasteiger partial charge in [-0.1, -0.05) is 23.2 Å². The molecule has 20 heavy (non-hydrogen) atoms. The van der Waals surface area contributed by atoms with Gasteiger partial charge in [-0.2, -0.15) is 0 Å². The van der Waals surface area contributed by atoms with Crippen molar-refractivity contribution in [1.82, 2.24) is 4.57 Å². The van der Waals surface area contributed by atoms with Gasteiger partial charge in [0.1, 0.15) is 5.69 Å².